The molecule has 160 valence electrons. The fourth-order valence-electron chi connectivity index (χ4n) is 3.11. The van der Waals surface area contributed by atoms with E-state index in [9.17, 15) is 9.59 Å². The van der Waals surface area contributed by atoms with Crippen LogP contribution < -0.4 is 15.0 Å². The molecule has 6 heteroatoms. The highest BCUT2D eigenvalue weighted by Gasteiger charge is 2.18. The van der Waals surface area contributed by atoms with Gasteiger partial charge in [-0.25, -0.2) is 4.79 Å². The second-order valence-corrected chi connectivity index (χ2v) is 7.20. The summed E-state index contributed by atoms with van der Waals surface area (Å²) in [6, 6.07) is 23.7. The zero-order valence-corrected chi connectivity index (χ0v) is 17.9. The normalized spacial score (nSPS) is 11.3. The van der Waals surface area contributed by atoms with Crippen molar-refractivity contribution in [2.75, 3.05) is 32.7 Å². The van der Waals surface area contributed by atoms with Crippen LogP contribution in [0, 0.1) is 0 Å². The molecule has 0 radical (unpaired) electrons. The Morgan fingerprint density at radius 2 is 1.48 bits per heavy atom. The van der Waals surface area contributed by atoms with E-state index in [1.165, 1.54) is 0 Å². The Morgan fingerprint density at radius 1 is 0.871 bits per heavy atom. The Morgan fingerprint density at radius 3 is 2.06 bits per heavy atom. The molecule has 31 heavy (non-hydrogen) atoms. The van der Waals surface area contributed by atoms with Crippen molar-refractivity contribution in [3.05, 3.63) is 95.6 Å². The van der Waals surface area contributed by atoms with E-state index in [1.807, 2.05) is 85.7 Å². The summed E-state index contributed by atoms with van der Waals surface area (Å²) in [5.41, 5.74) is 3.19. The molecule has 0 heterocycles. The van der Waals surface area contributed by atoms with Gasteiger partial charge in [0.15, 0.2) is 6.61 Å². The number of ether oxygens (including phenoxy) is 2. The van der Waals surface area contributed by atoms with Gasteiger partial charge in [-0.15, -0.1) is 0 Å². The Balaban J connectivity index is 1.66. The van der Waals surface area contributed by atoms with Crippen LogP contribution in [-0.2, 0) is 9.53 Å². The number of carbonyl (C=O) groups is 2. The standard InChI is InChI=1S/C25H26N2O4/c1-27(2)21-13-9-20(10-14-21)25(29)31-17-23(28)26-24(18-7-5-4-6-8-18)19-11-15-22(30-3)16-12-19/h4-16,24H,17H2,1-3H3,(H,26,28)/t24-/m0/s1. The lowest BCUT2D eigenvalue weighted by Crippen LogP contribution is -2.33. The molecule has 6 nitrogen and oxygen atoms in total. The molecule has 1 N–H and O–H groups in total. The van der Waals surface area contributed by atoms with Crippen LogP contribution in [0.5, 0.6) is 5.75 Å². The van der Waals surface area contributed by atoms with Crippen molar-refractivity contribution in [2.24, 2.45) is 0 Å². The van der Waals surface area contributed by atoms with Crippen LogP contribution in [-0.4, -0.2) is 39.7 Å². The summed E-state index contributed by atoms with van der Waals surface area (Å²) in [7, 11) is 5.45. The molecular formula is C25H26N2O4. The van der Waals surface area contributed by atoms with Crippen LogP contribution in [0.4, 0.5) is 5.69 Å². The smallest absolute Gasteiger partial charge is 0.338 e. The second kappa shape index (κ2) is 10.3. The van der Waals surface area contributed by atoms with Crippen LogP contribution in [0.15, 0.2) is 78.9 Å². The Labute approximate surface area is 182 Å². The van der Waals surface area contributed by atoms with E-state index in [0.717, 1.165) is 22.6 Å². The van der Waals surface area contributed by atoms with Crippen LogP contribution in [0.25, 0.3) is 0 Å². The fraction of sp³-hybridized carbons (Fsp3) is 0.200. The zero-order chi connectivity index (χ0) is 22.2. The van der Waals surface area contributed by atoms with E-state index >= 15 is 0 Å². The average molecular weight is 418 g/mol. The van der Waals surface area contributed by atoms with E-state index in [4.69, 9.17) is 9.47 Å². The summed E-state index contributed by atoms with van der Waals surface area (Å²) in [5, 5.41) is 2.95. The number of amides is 1. The molecule has 0 fully saturated rings. The maximum atomic E-state index is 12.6. The van der Waals surface area contributed by atoms with Gasteiger partial charge in [0, 0.05) is 19.8 Å². The SMILES string of the molecule is COc1ccc([C@@H](NC(=O)COC(=O)c2ccc(N(C)C)cc2)c2ccccc2)cc1. The van der Waals surface area contributed by atoms with Crippen LogP contribution in [0.3, 0.4) is 0 Å². The molecule has 3 rings (SSSR count). The van der Waals surface area contributed by atoms with Crippen molar-refractivity contribution in [1.29, 1.82) is 0 Å². The number of methoxy groups -OCH3 is 1. The number of carbonyl (C=O) groups excluding carboxylic acids is 2. The minimum atomic E-state index is -0.541. The second-order valence-electron chi connectivity index (χ2n) is 7.20. The predicted molar refractivity (Wildman–Crippen MR) is 120 cm³/mol. The summed E-state index contributed by atoms with van der Waals surface area (Å²) in [6.07, 6.45) is 0. The molecule has 0 aliphatic rings. The highest BCUT2D eigenvalue weighted by molar-refractivity contribution is 5.91. The number of benzene rings is 3. The number of hydrogen-bond acceptors (Lipinski definition) is 5. The van der Waals surface area contributed by atoms with Crippen molar-refractivity contribution >= 4 is 17.6 Å². The number of nitrogens with one attached hydrogen (secondary N) is 1. The first-order valence-corrected chi connectivity index (χ1v) is 9.90. The lowest BCUT2D eigenvalue weighted by molar-refractivity contribution is -0.124. The van der Waals surface area contributed by atoms with E-state index < -0.39 is 5.97 Å². The Kier molecular flexibility index (Phi) is 7.27. The van der Waals surface area contributed by atoms with Crippen LogP contribution in [0.2, 0.25) is 0 Å². The summed E-state index contributed by atoms with van der Waals surface area (Å²) in [5.74, 6) is -0.194. The van der Waals surface area contributed by atoms with Gasteiger partial charge in [0.1, 0.15) is 5.75 Å². The minimum Gasteiger partial charge on any atom is -0.497 e. The summed E-state index contributed by atoms with van der Waals surface area (Å²) in [6.45, 7) is -0.367. The minimum absolute atomic E-state index is 0.367. The van der Waals surface area contributed by atoms with Crippen LogP contribution >= 0.6 is 0 Å². The monoisotopic (exact) mass is 418 g/mol. The van der Waals surface area contributed by atoms with Crippen molar-refractivity contribution in [3.63, 3.8) is 0 Å². The van der Waals surface area contributed by atoms with Gasteiger partial charge in [-0.2, -0.15) is 0 Å². The summed E-state index contributed by atoms with van der Waals surface area (Å²) < 4.78 is 10.4. The number of hydrogen-bond donors (Lipinski definition) is 1. The van der Waals surface area contributed by atoms with Gasteiger partial charge in [0.2, 0.25) is 0 Å². The third-order valence-electron chi connectivity index (χ3n) is 4.84. The van der Waals surface area contributed by atoms with Crippen molar-refractivity contribution in [2.45, 2.75) is 6.04 Å². The molecule has 3 aromatic rings. The topological polar surface area (TPSA) is 67.9 Å². The number of nitrogens with zero attached hydrogens (tertiary/aromatic N) is 1. The maximum absolute atomic E-state index is 12.6. The van der Waals surface area contributed by atoms with Gasteiger partial charge in [0.25, 0.3) is 5.91 Å². The zero-order valence-electron chi connectivity index (χ0n) is 17.9. The van der Waals surface area contributed by atoms with Crippen LogP contribution in [0.1, 0.15) is 27.5 Å². The lowest BCUT2D eigenvalue weighted by Gasteiger charge is -2.20. The van der Waals surface area contributed by atoms with Gasteiger partial charge in [-0.3, -0.25) is 4.79 Å². The van der Waals surface area contributed by atoms with E-state index in [1.54, 1.807) is 19.2 Å². The van der Waals surface area contributed by atoms with E-state index in [0.29, 0.717) is 5.56 Å². The third-order valence-corrected chi connectivity index (χ3v) is 4.84. The molecule has 0 unspecified atom stereocenters. The average Bonchev–Trinajstić information content (AvgIpc) is 2.81. The Hall–Kier alpha value is -3.80. The molecule has 1 amide bonds. The lowest BCUT2D eigenvalue weighted by atomic mass is 9.98. The molecular weight excluding hydrogens is 392 g/mol. The van der Waals surface area contributed by atoms with Gasteiger partial charge in [-0.1, -0.05) is 42.5 Å². The quantitative estimate of drug-likeness (QED) is 0.563. The van der Waals surface area contributed by atoms with Crippen molar-refractivity contribution in [3.8, 4) is 5.75 Å². The predicted octanol–water partition coefficient (Wildman–Crippen LogP) is 3.82. The summed E-state index contributed by atoms with van der Waals surface area (Å²) >= 11 is 0. The van der Waals surface area contributed by atoms with E-state index in [-0.39, 0.29) is 18.6 Å². The summed E-state index contributed by atoms with van der Waals surface area (Å²) in [4.78, 5) is 26.8. The highest BCUT2D eigenvalue weighted by atomic mass is 16.5. The molecule has 0 saturated carbocycles. The van der Waals surface area contributed by atoms with Gasteiger partial charge in [0.05, 0.1) is 18.7 Å². The number of rotatable bonds is 8. The molecule has 0 saturated heterocycles. The molecule has 0 aromatic heterocycles. The van der Waals surface area contributed by atoms with E-state index in [2.05, 4.69) is 5.32 Å². The van der Waals surface area contributed by atoms with Gasteiger partial charge >= 0.3 is 5.97 Å². The highest BCUT2D eigenvalue weighted by Crippen LogP contribution is 2.24. The first-order chi connectivity index (χ1) is 15.0. The molecule has 3 aromatic carbocycles. The largest absolute Gasteiger partial charge is 0.497 e. The molecule has 0 bridgehead atoms. The number of esters is 1. The Bertz CT molecular complexity index is 1000. The first-order valence-electron chi connectivity index (χ1n) is 9.90. The van der Waals surface area contributed by atoms with Crippen molar-refractivity contribution in [1.82, 2.24) is 5.32 Å². The van der Waals surface area contributed by atoms with Gasteiger partial charge in [-0.05, 0) is 47.5 Å². The number of anilines is 1. The van der Waals surface area contributed by atoms with Gasteiger partial charge < -0.3 is 19.7 Å². The maximum Gasteiger partial charge on any atom is 0.338 e. The molecule has 0 aliphatic heterocycles. The molecule has 0 aliphatic carbocycles. The first kappa shape index (κ1) is 21.9. The third kappa shape index (κ3) is 5.85. The molecule has 1 atom stereocenters. The fourth-order valence-corrected chi connectivity index (χ4v) is 3.11. The molecule has 0 spiro atoms. The van der Waals surface area contributed by atoms with Crippen molar-refractivity contribution < 1.29 is 19.1 Å².